The van der Waals surface area contributed by atoms with Gasteiger partial charge >= 0.3 is 36.7 Å². The highest BCUT2D eigenvalue weighted by molar-refractivity contribution is 6.86. The van der Waals surface area contributed by atoms with Crippen molar-refractivity contribution in [3.05, 3.63) is 0 Å². The number of rotatable bonds is 13. The molecule has 17 radical (unpaired) electrons. The lowest BCUT2D eigenvalue weighted by molar-refractivity contribution is 0.0761. The van der Waals surface area contributed by atoms with E-state index in [0.717, 1.165) is 0 Å². The molecular formula is C5H15O9Si10. The number of hydrogen-bond donors (Lipinski definition) is 0. The van der Waals surface area contributed by atoms with E-state index < -0.39 is 45.0 Å². The summed E-state index contributed by atoms with van der Waals surface area (Å²) in [6.07, 6.45) is 0. The molecule has 0 fully saturated rings. The highest BCUT2D eigenvalue weighted by Crippen LogP contribution is 2.25. The van der Waals surface area contributed by atoms with Gasteiger partial charge in [-0.3, -0.25) is 0 Å². The second-order valence-electron chi connectivity index (χ2n) is 5.51. The molecule has 129 valence electrons. The van der Waals surface area contributed by atoms with Gasteiger partial charge in [-0.25, -0.2) is 0 Å². The molecule has 19 heteroatoms. The molecule has 24 heavy (non-hydrogen) atoms. The first kappa shape index (κ1) is 25.8. The summed E-state index contributed by atoms with van der Waals surface area (Å²) in [5.41, 5.74) is 0. The predicted octanol–water partition coefficient (Wildman–Crippen LogP) is -1.50. The van der Waals surface area contributed by atoms with Gasteiger partial charge in [-0.2, -0.15) is 0 Å². The molecule has 0 aromatic carbocycles. The molecule has 0 saturated carbocycles. The molecule has 0 spiro atoms. The Morgan fingerprint density at radius 2 is 1.08 bits per heavy atom. The Balaban J connectivity index is 5.54. The van der Waals surface area contributed by atoms with Gasteiger partial charge in [-0.1, -0.05) is 0 Å². The first-order valence-electron chi connectivity index (χ1n) is 6.17. The molecule has 0 bridgehead atoms. The Morgan fingerprint density at radius 3 is 1.42 bits per heavy atom. The van der Waals surface area contributed by atoms with Gasteiger partial charge in [0.2, 0.25) is 52.4 Å². The summed E-state index contributed by atoms with van der Waals surface area (Å²) >= 11 is 0. The third kappa shape index (κ3) is 9.14. The van der Waals surface area contributed by atoms with E-state index in [1.54, 1.807) is 0 Å². The van der Waals surface area contributed by atoms with E-state index in [0.29, 0.717) is 0 Å². The molecular weight excluding hydrogens is 485 g/mol. The van der Waals surface area contributed by atoms with Crippen LogP contribution in [0.5, 0.6) is 0 Å². The Hall–Kier alpha value is 1.81. The van der Waals surface area contributed by atoms with Crippen molar-refractivity contribution in [3.8, 4) is 0 Å². The quantitative estimate of drug-likeness (QED) is 0.281. The zero-order chi connectivity index (χ0) is 19.1. The average molecular weight is 500 g/mol. The Kier molecular flexibility index (Phi) is 11.8. The van der Waals surface area contributed by atoms with Crippen LogP contribution in [0.25, 0.3) is 0 Å². The van der Waals surface area contributed by atoms with Crippen molar-refractivity contribution >= 4 is 97.4 Å². The lowest BCUT2D eigenvalue weighted by atomic mass is 11.8. The van der Waals surface area contributed by atoms with Crippen LogP contribution < -0.4 is 0 Å². The highest BCUT2D eigenvalue weighted by atomic mass is 28.6. The predicted molar refractivity (Wildman–Crippen MR) is 96.6 cm³/mol. The molecule has 0 aliphatic carbocycles. The second-order valence-corrected chi connectivity index (χ2v) is 22.1. The van der Waals surface area contributed by atoms with Gasteiger partial charge < -0.3 is 37.0 Å². The minimum Gasteiger partial charge on any atom is -0.437 e. The lowest BCUT2D eigenvalue weighted by Crippen LogP contribution is -2.65. The van der Waals surface area contributed by atoms with Gasteiger partial charge in [0.1, 0.15) is 0 Å². The lowest BCUT2D eigenvalue weighted by Gasteiger charge is -2.39. The topological polar surface area (TPSA) is 83.1 Å². The monoisotopic (exact) mass is 499 g/mol. The molecule has 0 aromatic rings. The van der Waals surface area contributed by atoms with Crippen LogP contribution in [-0.4, -0.2) is 97.4 Å². The van der Waals surface area contributed by atoms with E-state index in [1.807, 2.05) is 32.7 Å². The van der Waals surface area contributed by atoms with E-state index in [9.17, 15) is 0 Å². The largest absolute Gasteiger partial charge is 0.644 e. The van der Waals surface area contributed by atoms with E-state index in [1.165, 1.54) is 0 Å². The minimum atomic E-state index is -3.90. The molecule has 0 amide bonds. The van der Waals surface area contributed by atoms with E-state index >= 15 is 0 Å². The normalized spacial score (nSPS) is 16.2. The van der Waals surface area contributed by atoms with Crippen molar-refractivity contribution in [2.45, 2.75) is 32.7 Å². The van der Waals surface area contributed by atoms with Gasteiger partial charge in [0.15, 0.2) is 8.32 Å². The Bertz CT molecular complexity index is 355. The molecule has 0 aliphatic rings. The van der Waals surface area contributed by atoms with Crippen LogP contribution in [-0.2, 0) is 37.0 Å². The number of hydrogen-bond acceptors (Lipinski definition) is 9. The van der Waals surface area contributed by atoms with Gasteiger partial charge in [0, 0.05) is 0 Å². The maximum absolute atomic E-state index is 6.11. The van der Waals surface area contributed by atoms with Crippen LogP contribution in [0.15, 0.2) is 0 Å². The second kappa shape index (κ2) is 11.0. The van der Waals surface area contributed by atoms with Crippen LogP contribution in [0.2, 0.25) is 32.7 Å². The van der Waals surface area contributed by atoms with E-state index in [2.05, 4.69) is 52.4 Å². The molecule has 1 atom stereocenters. The Labute approximate surface area is 166 Å². The smallest absolute Gasteiger partial charge is 0.437 e. The first-order chi connectivity index (χ1) is 10.9. The van der Waals surface area contributed by atoms with Crippen molar-refractivity contribution in [2.24, 2.45) is 0 Å². The highest BCUT2D eigenvalue weighted by Gasteiger charge is 2.59. The third-order valence-electron chi connectivity index (χ3n) is 1.88. The maximum Gasteiger partial charge on any atom is 0.644 e. The first-order valence-corrected chi connectivity index (χ1v) is 18.5. The standard InChI is InChI=1S/C5H15O9Si10/c1-21(2,3)12-22(4,5)13-24(10-19,11-20-6-15)14-23(7-16,8-17)9-18/h1-5H3. The van der Waals surface area contributed by atoms with Crippen LogP contribution in [0.1, 0.15) is 0 Å². The fourth-order valence-corrected chi connectivity index (χ4v) is 19.1. The summed E-state index contributed by atoms with van der Waals surface area (Å²) in [6, 6.07) is 0. The fraction of sp³-hybridized carbons (Fsp3) is 1.00. The van der Waals surface area contributed by atoms with Crippen LogP contribution in [0.3, 0.4) is 0 Å². The summed E-state index contributed by atoms with van der Waals surface area (Å²) in [7, 11) is 1.49. The SMILES string of the molecule is C[Si](C)(C)O[Si](C)(C)O[Si](O[Si])(O[Si]O[Si])O[Si](O[Si])(O[Si])O[Si]. The molecule has 0 aliphatic heterocycles. The van der Waals surface area contributed by atoms with Crippen molar-refractivity contribution in [1.29, 1.82) is 0 Å². The summed E-state index contributed by atoms with van der Waals surface area (Å²) < 4.78 is 48.3. The molecule has 0 rings (SSSR count). The molecule has 0 aromatic heterocycles. The summed E-state index contributed by atoms with van der Waals surface area (Å²) in [5, 5.41) is 0. The summed E-state index contributed by atoms with van der Waals surface area (Å²) in [4.78, 5) is 0. The van der Waals surface area contributed by atoms with Crippen LogP contribution >= 0.6 is 0 Å². The van der Waals surface area contributed by atoms with Crippen molar-refractivity contribution in [3.63, 3.8) is 0 Å². The molecule has 0 heterocycles. The molecule has 0 saturated heterocycles. The molecule has 9 nitrogen and oxygen atoms in total. The maximum atomic E-state index is 6.11. The van der Waals surface area contributed by atoms with Gasteiger partial charge in [0.05, 0.1) is 0 Å². The summed E-state index contributed by atoms with van der Waals surface area (Å²) in [6.45, 7) is 9.79. The van der Waals surface area contributed by atoms with Gasteiger partial charge in [-0.15, -0.1) is 0 Å². The van der Waals surface area contributed by atoms with Crippen LogP contribution in [0.4, 0.5) is 0 Å². The third-order valence-corrected chi connectivity index (χ3v) is 16.9. The van der Waals surface area contributed by atoms with Crippen molar-refractivity contribution < 1.29 is 37.0 Å². The average Bonchev–Trinajstić information content (AvgIpc) is 2.47. The van der Waals surface area contributed by atoms with Crippen molar-refractivity contribution in [1.82, 2.24) is 0 Å². The van der Waals surface area contributed by atoms with E-state index in [-0.39, 0.29) is 0 Å². The van der Waals surface area contributed by atoms with Gasteiger partial charge in [-0.05, 0) is 32.7 Å². The molecule has 1 unspecified atom stereocenters. The van der Waals surface area contributed by atoms with Crippen molar-refractivity contribution in [2.75, 3.05) is 0 Å². The molecule has 0 N–H and O–H groups in total. The zero-order valence-corrected chi connectivity index (χ0v) is 23.7. The Morgan fingerprint density at radius 1 is 0.625 bits per heavy atom. The van der Waals surface area contributed by atoms with Crippen LogP contribution in [0, 0.1) is 0 Å². The van der Waals surface area contributed by atoms with Gasteiger partial charge in [0.25, 0.3) is 0 Å². The fourth-order valence-electron chi connectivity index (χ4n) is 1.53. The zero-order valence-electron chi connectivity index (χ0n) is 13.7. The minimum absolute atomic E-state index is 0.508. The summed E-state index contributed by atoms with van der Waals surface area (Å²) in [5.74, 6) is 0. The van der Waals surface area contributed by atoms with E-state index in [4.69, 9.17) is 37.0 Å².